The first kappa shape index (κ1) is 43.8. The second-order valence-corrected chi connectivity index (χ2v) is 33.9. The normalized spacial score (nSPS) is 17.5. The van der Waals surface area contributed by atoms with Gasteiger partial charge in [0, 0.05) is 32.3 Å². The Balaban J connectivity index is 0.000000132. The highest BCUT2D eigenvalue weighted by Gasteiger charge is 2.29. The molecule has 3 heteroatoms. The van der Waals surface area contributed by atoms with Crippen LogP contribution in [0.15, 0.2) is 534 Å². The van der Waals surface area contributed by atoms with E-state index in [1.807, 2.05) is 146 Å². The van der Waals surface area contributed by atoms with Gasteiger partial charge < -0.3 is 13.3 Å². The molecular weight excluding hydrogens is 1750 g/mol. The number of rotatable bonds is 9. The summed E-state index contributed by atoms with van der Waals surface area (Å²) in [5, 5.41) is -2.25. The van der Waals surface area contributed by atoms with E-state index in [2.05, 4.69) is 0 Å². The summed E-state index contributed by atoms with van der Waals surface area (Å²) < 4.78 is 546. The molecule has 0 radical (unpaired) electrons. The molecule has 0 spiro atoms. The maximum absolute atomic E-state index is 9.76. The molecule has 0 N–H and O–H groups in total. The fraction of sp³-hybridized carbons (Fsp3) is 0. The van der Waals surface area contributed by atoms with Gasteiger partial charge in [0.05, 0.1) is 79.5 Å². The van der Waals surface area contributed by atoms with Gasteiger partial charge in [-0.3, -0.25) is 0 Å². The monoisotopic (exact) mass is 1900 g/mol. The minimum absolute atomic E-state index is 0.0187. The van der Waals surface area contributed by atoms with Crippen LogP contribution in [0.5, 0.6) is 0 Å². The lowest BCUT2D eigenvalue weighted by Gasteiger charge is -2.22. The van der Waals surface area contributed by atoms with Crippen LogP contribution >= 0.6 is 0 Å². The summed E-state index contributed by atoms with van der Waals surface area (Å²) >= 11 is 0. The third-order valence-electron chi connectivity index (χ3n) is 26.4. The molecule has 31 rings (SSSR count). The van der Waals surface area contributed by atoms with E-state index in [1.165, 1.54) is 0 Å². The zero-order valence-electron chi connectivity index (χ0n) is 132. The molecule has 3 nitrogen and oxygen atoms in total. The first-order valence-corrected chi connectivity index (χ1v) is 45.3. The van der Waals surface area contributed by atoms with Gasteiger partial charge in [0.15, 0.2) is 0 Å². The van der Waals surface area contributed by atoms with Crippen molar-refractivity contribution in [3.63, 3.8) is 0 Å². The van der Waals surface area contributed by atoms with E-state index in [1.54, 1.807) is 24.3 Å². The molecule has 145 heavy (non-hydrogen) atoms. The van der Waals surface area contributed by atoms with Gasteiger partial charge >= 0.3 is 0 Å². The summed E-state index contributed by atoms with van der Waals surface area (Å²) in [6.45, 7) is 0. The molecule has 0 amide bonds. The molecule has 672 valence electrons. The van der Waals surface area contributed by atoms with Crippen LogP contribution in [0.25, 0.3) is 306 Å². The van der Waals surface area contributed by atoms with Gasteiger partial charge in [-0.1, -0.05) is 478 Å². The highest BCUT2D eigenvalue weighted by Crippen LogP contribution is 2.56. The van der Waals surface area contributed by atoms with Crippen LogP contribution < -0.4 is 0 Å². The Morgan fingerprint density at radius 2 is 0.441 bits per heavy atom. The minimum Gasteiger partial charge on any atom is -0.456 e. The van der Waals surface area contributed by atoms with Gasteiger partial charge in [0.2, 0.25) is 0 Å². The third-order valence-corrected chi connectivity index (χ3v) is 26.4. The molecule has 0 aliphatic carbocycles. The number of benzene rings is 28. The number of furan rings is 3. The van der Waals surface area contributed by atoms with E-state index in [0.717, 1.165) is 43.1 Å². The van der Waals surface area contributed by atoms with E-state index in [9.17, 15) is 26.0 Å². The number of hydrogen-bond acceptors (Lipinski definition) is 3. The standard InChI is InChI=1S/C50H30O.2C46H28O/c1-4-17-34-31(13-1)16-11-24-37(34)46-38-20-7-9-22-40(38)48(41-23-10-8-21-39(41)46)47-35-18-5-2-14-32(35)27-29-43(47)42-25-12-26-44-50(42)49-36-19-6-3-15-33(36)28-30-45(49)51-44;1-3-16-31-29(13-1)15-11-24-34(31)43-37-20-7-9-22-39(37)44(40-23-10-8-21-38(40)43)35-19-6-5-18-33(35)36-25-12-26-41-46(36)45-32-17-4-2-14-30(32)27-28-42(45)47-41;1-2-14-31-28-32(25-24-29(31)12-1)43-37-18-7-9-20-39(37)44(40-21-10-8-19-38(40)43)35-17-6-5-16-34(35)36-22-11-23-41-46(36)45-33-15-4-3-13-30(33)26-27-42(45)47-41/h1-30H;2*1-28H/i1D,4D,7D,8D,9D,10D,11D,13D,16D,17D,20D,21D,22D,23D,24D;1D,2D,3D,4D,5D,6D,7D,8D,9D,10D,11D,12D,13D,14D,15D,16D,17D,18D,19D,20D,21D,22D,23D,24D,25D,26D,27D,28D;1D,2D,7D,8D,9D,10D,12D,14D,18D,19D,20D,21D,24D,25D,28D. The molecule has 0 unspecified atom stereocenters. The van der Waals surface area contributed by atoms with E-state index < -0.39 is 482 Å². The molecule has 0 aliphatic rings. The van der Waals surface area contributed by atoms with Crippen molar-refractivity contribution in [3.8, 4) is 100 Å². The maximum atomic E-state index is 9.76. The van der Waals surface area contributed by atoms with Crippen molar-refractivity contribution in [2.24, 2.45) is 0 Å². The fourth-order valence-corrected chi connectivity index (χ4v) is 20.5. The summed E-state index contributed by atoms with van der Waals surface area (Å²) in [6.07, 6.45) is 0. The summed E-state index contributed by atoms with van der Waals surface area (Å²) in [5.74, 6) is 0. The predicted molar refractivity (Wildman–Crippen MR) is 618 cm³/mol. The average Bonchev–Trinajstić information content (AvgIpc) is 1.39. The molecule has 31 aromatic rings. The molecule has 0 aliphatic heterocycles. The first-order valence-electron chi connectivity index (χ1n) is 74.3. The Hall–Kier alpha value is -19.1. The van der Waals surface area contributed by atoms with Crippen LogP contribution in [0.3, 0.4) is 0 Å². The Labute approximate surface area is 916 Å². The molecule has 0 atom stereocenters. The molecule has 0 fully saturated rings. The van der Waals surface area contributed by atoms with E-state index >= 15 is 0 Å². The SMILES string of the molecule is [2H]c1c([2H])c([2H])c(-c2c([2H])c([2H])c([2H])c3oc4c([2H])c([2H])c5c([2H])c([2H])c([2H])c([2H])c5c4c23)c(-c2c3c([2H])c([2H])c([2H])c([2H])c3c(-c3c([2H])c([2H])c([2H])c4c([2H])c([2H])c([2H])c([2H])c34)c3c([2H])c([2H])c([2H])c([2H])c23)c1[2H].[2H]c1c([2H])c([2H])c2c(-c3c4c([2H])c([2H])c([2H])c([2H])c4c(-c4c(-c5cccc6oc7ccc8ccccc8c7c56)ccc5ccccc45)c4c([2H])c([2H])c([2H])c([2H])c34)c([2H])c([2H])c([2H])c2c1[2H].[2H]c1c([2H])c([2H])c2c([2H])c(-c3c4c([2H])c([2H])c([2H])c([2H])c4c(-c4ccccc4-c4cccc5oc6ccc7ccccc7c6c45)c4c([2H])c([2H])c([2H])c([2H])c34)c([2H])c([2H])c2c1[2H]. The highest BCUT2D eigenvalue weighted by atomic mass is 16.3. The van der Waals surface area contributed by atoms with Crippen molar-refractivity contribution >= 4 is 206 Å². The summed E-state index contributed by atoms with van der Waals surface area (Å²) in [4.78, 5) is 0. The van der Waals surface area contributed by atoms with Gasteiger partial charge in [0.1, 0.15) is 33.5 Å². The van der Waals surface area contributed by atoms with E-state index in [-0.39, 0.29) is 65.3 Å². The zero-order valence-corrected chi connectivity index (χ0v) is 74.4. The largest absolute Gasteiger partial charge is 0.456 e. The van der Waals surface area contributed by atoms with Gasteiger partial charge in [-0.25, -0.2) is 0 Å². The minimum atomic E-state index is -1.11. The second kappa shape index (κ2) is 33.9. The Kier molecular flexibility index (Phi) is 10.2. The van der Waals surface area contributed by atoms with Gasteiger partial charge in [-0.15, -0.1) is 0 Å². The summed E-state index contributed by atoms with van der Waals surface area (Å²) in [7, 11) is 0. The third kappa shape index (κ3) is 13.3. The van der Waals surface area contributed by atoms with Crippen molar-refractivity contribution < 1.29 is 92.8 Å². The van der Waals surface area contributed by atoms with Crippen LogP contribution in [0.1, 0.15) is 79.5 Å². The average molecular weight is 1900 g/mol. The quantitative estimate of drug-likeness (QED) is 0.135. The highest BCUT2D eigenvalue weighted by molar-refractivity contribution is 6.33. The van der Waals surface area contributed by atoms with Crippen LogP contribution in [-0.2, 0) is 0 Å². The molecule has 0 saturated heterocycles. The van der Waals surface area contributed by atoms with Crippen LogP contribution in [0, 0.1) is 0 Å². The lowest BCUT2D eigenvalue weighted by Crippen LogP contribution is -1.94. The zero-order chi connectivity index (χ0) is 146. The van der Waals surface area contributed by atoms with E-state index in [0.29, 0.717) is 66.5 Å². The lowest BCUT2D eigenvalue weighted by atomic mass is 9.81. The van der Waals surface area contributed by atoms with Gasteiger partial charge in [-0.2, -0.15) is 0 Å². The van der Waals surface area contributed by atoms with Crippen molar-refractivity contribution in [1.82, 2.24) is 0 Å². The van der Waals surface area contributed by atoms with Crippen molar-refractivity contribution in [1.29, 1.82) is 0 Å². The Morgan fingerprint density at radius 1 is 0.124 bits per heavy atom. The topological polar surface area (TPSA) is 39.4 Å². The van der Waals surface area contributed by atoms with Gasteiger partial charge in [-0.05, 0) is 283 Å². The molecule has 0 bridgehead atoms. The molecule has 3 heterocycles. The van der Waals surface area contributed by atoms with Crippen LogP contribution in [0.2, 0.25) is 0 Å². The number of fused-ring (bicyclic) bond motifs is 25. The molecule has 0 saturated carbocycles. The Morgan fingerprint density at radius 3 is 0.966 bits per heavy atom. The lowest BCUT2D eigenvalue weighted by molar-refractivity contribution is 0.669. The van der Waals surface area contributed by atoms with Crippen molar-refractivity contribution in [2.75, 3.05) is 0 Å². The summed E-state index contributed by atoms with van der Waals surface area (Å²) in [6, 6.07) is 5.29. The fourth-order valence-electron chi connectivity index (χ4n) is 20.5. The van der Waals surface area contributed by atoms with E-state index in [4.69, 9.17) is 66.7 Å². The molecule has 3 aromatic heterocycles. The maximum Gasteiger partial charge on any atom is 0.136 e. The molecule has 28 aromatic carbocycles. The summed E-state index contributed by atoms with van der Waals surface area (Å²) in [5.41, 5.74) is -2.43. The van der Waals surface area contributed by atoms with Crippen molar-refractivity contribution in [3.05, 3.63) is 520 Å². The first-order chi connectivity index (χ1) is 96.1. The number of hydrogen-bond donors (Lipinski definition) is 0. The smallest absolute Gasteiger partial charge is 0.136 e. The second-order valence-electron chi connectivity index (χ2n) is 33.9. The van der Waals surface area contributed by atoms with Crippen molar-refractivity contribution in [2.45, 2.75) is 0 Å². The van der Waals surface area contributed by atoms with Crippen LogP contribution in [-0.4, -0.2) is 0 Å². The predicted octanol–water partition coefficient (Wildman–Crippen LogP) is 40.8. The molecular formula is C142H86O3. The van der Waals surface area contributed by atoms with Gasteiger partial charge in [0.25, 0.3) is 0 Å². The Bertz CT molecular complexity index is 14400. The van der Waals surface area contributed by atoms with Crippen LogP contribution in [0.4, 0.5) is 0 Å².